The number of hydrogen-bond acceptors (Lipinski definition) is 6. The molecule has 1 aliphatic heterocycles. The third kappa shape index (κ3) is 5.59. The molecule has 0 spiro atoms. The van der Waals surface area contributed by atoms with Gasteiger partial charge in [-0.05, 0) is 61.7 Å². The van der Waals surface area contributed by atoms with Crippen LogP contribution in [0.3, 0.4) is 0 Å². The van der Waals surface area contributed by atoms with E-state index >= 15 is 0 Å². The van der Waals surface area contributed by atoms with Crippen LogP contribution in [0.25, 0.3) is 10.2 Å². The van der Waals surface area contributed by atoms with Crippen LogP contribution in [-0.2, 0) is 4.74 Å². The molecule has 0 N–H and O–H groups in total. The second kappa shape index (κ2) is 11.2. The van der Waals surface area contributed by atoms with E-state index in [0.717, 1.165) is 60.2 Å². The Morgan fingerprint density at radius 3 is 2.61 bits per heavy atom. The number of nitrogens with zero attached hydrogens (tertiary/aromatic N) is 3. The van der Waals surface area contributed by atoms with Gasteiger partial charge in [0, 0.05) is 26.2 Å². The first-order chi connectivity index (χ1) is 17.6. The summed E-state index contributed by atoms with van der Waals surface area (Å²) in [7, 11) is 0. The standard InChI is InChI=1S/C29H31N3O3S/c1-21-19-22(2)27-26(20-21)36-29(30-27)32(14-8-13-31-15-17-34-18-16-31)28(33)24-11-6-7-12-25(24)35-23-9-4-3-5-10-23/h3-7,9-12,19-20H,8,13-18H2,1-2H3. The highest BCUT2D eigenvalue weighted by Crippen LogP contribution is 2.34. The Balaban J connectivity index is 1.45. The minimum absolute atomic E-state index is 0.100. The van der Waals surface area contributed by atoms with Crippen molar-refractivity contribution in [2.75, 3.05) is 44.3 Å². The topological polar surface area (TPSA) is 54.9 Å². The molecule has 2 heterocycles. The molecule has 0 radical (unpaired) electrons. The van der Waals surface area contributed by atoms with E-state index in [0.29, 0.717) is 23.6 Å². The van der Waals surface area contributed by atoms with Crippen molar-refractivity contribution >= 4 is 32.6 Å². The van der Waals surface area contributed by atoms with Crippen LogP contribution in [0.15, 0.2) is 66.7 Å². The second-order valence-electron chi connectivity index (χ2n) is 9.10. The highest BCUT2D eigenvalue weighted by molar-refractivity contribution is 7.22. The second-order valence-corrected chi connectivity index (χ2v) is 10.1. The van der Waals surface area contributed by atoms with E-state index in [2.05, 4.69) is 30.9 Å². The van der Waals surface area contributed by atoms with Gasteiger partial charge in [0.2, 0.25) is 0 Å². The smallest absolute Gasteiger partial charge is 0.263 e. The Hall–Kier alpha value is -3.26. The Labute approximate surface area is 216 Å². The van der Waals surface area contributed by atoms with Gasteiger partial charge in [-0.3, -0.25) is 14.6 Å². The zero-order valence-corrected chi connectivity index (χ0v) is 21.6. The Bertz CT molecular complexity index is 1330. The number of carbonyl (C=O) groups excluding carboxylic acids is 1. The molecular weight excluding hydrogens is 470 g/mol. The minimum atomic E-state index is -0.100. The number of thiazole rings is 1. The van der Waals surface area contributed by atoms with Crippen molar-refractivity contribution in [2.45, 2.75) is 20.3 Å². The summed E-state index contributed by atoms with van der Waals surface area (Å²) in [5.74, 6) is 1.14. The molecule has 7 heteroatoms. The highest BCUT2D eigenvalue weighted by atomic mass is 32.1. The number of aryl methyl sites for hydroxylation is 2. The molecule has 0 atom stereocenters. The van der Waals surface area contributed by atoms with Gasteiger partial charge in [0.15, 0.2) is 5.13 Å². The largest absolute Gasteiger partial charge is 0.457 e. The van der Waals surface area contributed by atoms with Crippen LogP contribution < -0.4 is 9.64 Å². The normalized spacial score (nSPS) is 14.2. The van der Waals surface area contributed by atoms with Crippen molar-refractivity contribution < 1.29 is 14.3 Å². The summed E-state index contributed by atoms with van der Waals surface area (Å²) in [4.78, 5) is 23.2. The average molecular weight is 502 g/mol. The van der Waals surface area contributed by atoms with Gasteiger partial charge in [0.25, 0.3) is 5.91 Å². The Morgan fingerprint density at radius 2 is 1.81 bits per heavy atom. The zero-order chi connectivity index (χ0) is 24.9. The third-order valence-electron chi connectivity index (χ3n) is 6.34. The number of morpholine rings is 1. The van der Waals surface area contributed by atoms with Crippen LogP contribution in [0.5, 0.6) is 11.5 Å². The van der Waals surface area contributed by atoms with Crippen LogP contribution in [0, 0.1) is 13.8 Å². The predicted molar refractivity (Wildman–Crippen MR) is 146 cm³/mol. The molecule has 36 heavy (non-hydrogen) atoms. The lowest BCUT2D eigenvalue weighted by atomic mass is 10.1. The molecular formula is C29H31N3O3S. The summed E-state index contributed by atoms with van der Waals surface area (Å²) < 4.78 is 12.7. The highest BCUT2D eigenvalue weighted by Gasteiger charge is 2.25. The third-order valence-corrected chi connectivity index (χ3v) is 7.37. The molecule has 4 aromatic rings. The molecule has 0 unspecified atom stereocenters. The maximum atomic E-state index is 14.0. The lowest BCUT2D eigenvalue weighted by Gasteiger charge is -2.28. The van der Waals surface area contributed by atoms with Crippen molar-refractivity contribution in [1.82, 2.24) is 9.88 Å². The minimum Gasteiger partial charge on any atom is -0.457 e. The molecule has 1 fully saturated rings. The van der Waals surface area contributed by atoms with Crippen molar-refractivity contribution in [1.29, 1.82) is 0 Å². The van der Waals surface area contributed by atoms with E-state index in [1.807, 2.05) is 59.5 Å². The number of benzene rings is 3. The first kappa shape index (κ1) is 24.4. The lowest BCUT2D eigenvalue weighted by Crippen LogP contribution is -2.39. The molecule has 0 aliphatic carbocycles. The Kier molecular flexibility index (Phi) is 7.60. The SMILES string of the molecule is Cc1cc(C)c2nc(N(CCCN3CCOCC3)C(=O)c3ccccc3Oc3ccccc3)sc2c1. The van der Waals surface area contributed by atoms with Gasteiger partial charge in [0.05, 0.1) is 29.0 Å². The fourth-order valence-electron chi connectivity index (χ4n) is 4.53. The quantitative estimate of drug-likeness (QED) is 0.293. The number of fused-ring (bicyclic) bond motifs is 1. The van der Waals surface area contributed by atoms with Crippen LogP contribution >= 0.6 is 11.3 Å². The average Bonchev–Trinajstić information content (AvgIpc) is 3.32. The van der Waals surface area contributed by atoms with Gasteiger partial charge < -0.3 is 9.47 Å². The fraction of sp³-hybridized carbons (Fsp3) is 0.310. The van der Waals surface area contributed by atoms with Gasteiger partial charge in [-0.1, -0.05) is 47.7 Å². The molecule has 1 aromatic heterocycles. The van der Waals surface area contributed by atoms with E-state index in [9.17, 15) is 4.79 Å². The summed E-state index contributed by atoms with van der Waals surface area (Å²) in [5.41, 5.74) is 3.81. The summed E-state index contributed by atoms with van der Waals surface area (Å²) in [6, 6.07) is 21.3. The molecule has 6 nitrogen and oxygen atoms in total. The number of carbonyl (C=O) groups is 1. The maximum absolute atomic E-state index is 14.0. The number of ether oxygens (including phenoxy) is 2. The van der Waals surface area contributed by atoms with E-state index in [4.69, 9.17) is 14.5 Å². The van der Waals surface area contributed by atoms with Crippen molar-refractivity contribution in [2.24, 2.45) is 0 Å². The van der Waals surface area contributed by atoms with Crippen molar-refractivity contribution in [3.05, 3.63) is 83.4 Å². The van der Waals surface area contributed by atoms with Gasteiger partial charge in [0.1, 0.15) is 11.5 Å². The van der Waals surface area contributed by atoms with E-state index in [1.54, 1.807) is 11.3 Å². The van der Waals surface area contributed by atoms with E-state index in [1.165, 1.54) is 5.56 Å². The van der Waals surface area contributed by atoms with Crippen molar-refractivity contribution in [3.63, 3.8) is 0 Å². The zero-order valence-electron chi connectivity index (χ0n) is 20.8. The molecule has 1 saturated heterocycles. The lowest BCUT2D eigenvalue weighted by molar-refractivity contribution is 0.0376. The van der Waals surface area contributed by atoms with Crippen LogP contribution in [-0.4, -0.2) is 55.2 Å². The van der Waals surface area contributed by atoms with E-state index < -0.39 is 0 Å². The van der Waals surface area contributed by atoms with Crippen LogP contribution in [0.1, 0.15) is 27.9 Å². The first-order valence-electron chi connectivity index (χ1n) is 12.4. The maximum Gasteiger partial charge on any atom is 0.263 e. The number of aromatic nitrogens is 1. The number of para-hydroxylation sites is 2. The summed E-state index contributed by atoms with van der Waals surface area (Å²) >= 11 is 1.57. The monoisotopic (exact) mass is 501 g/mol. The van der Waals surface area contributed by atoms with Crippen LogP contribution in [0.4, 0.5) is 5.13 Å². The molecule has 1 aliphatic rings. The molecule has 5 rings (SSSR count). The van der Waals surface area contributed by atoms with Gasteiger partial charge in [-0.15, -0.1) is 0 Å². The van der Waals surface area contributed by atoms with Crippen molar-refractivity contribution in [3.8, 4) is 11.5 Å². The summed E-state index contributed by atoms with van der Waals surface area (Å²) in [6.07, 6.45) is 0.849. The molecule has 0 bridgehead atoms. The summed E-state index contributed by atoms with van der Waals surface area (Å²) in [6.45, 7) is 9.06. The van der Waals surface area contributed by atoms with Crippen LogP contribution in [0.2, 0.25) is 0 Å². The number of hydrogen-bond donors (Lipinski definition) is 0. The number of anilines is 1. The molecule has 0 saturated carbocycles. The van der Waals surface area contributed by atoms with Gasteiger partial charge in [-0.2, -0.15) is 0 Å². The molecule has 3 aromatic carbocycles. The van der Waals surface area contributed by atoms with Gasteiger partial charge >= 0.3 is 0 Å². The summed E-state index contributed by atoms with van der Waals surface area (Å²) in [5, 5.41) is 0.722. The number of rotatable bonds is 8. The molecule has 1 amide bonds. The Morgan fingerprint density at radius 1 is 1.06 bits per heavy atom. The van der Waals surface area contributed by atoms with E-state index in [-0.39, 0.29) is 5.91 Å². The first-order valence-corrected chi connectivity index (χ1v) is 13.2. The predicted octanol–water partition coefficient (Wildman–Crippen LogP) is 6.07. The van der Waals surface area contributed by atoms with Gasteiger partial charge in [-0.25, -0.2) is 4.98 Å². The number of amides is 1. The molecule has 186 valence electrons. The fourth-order valence-corrected chi connectivity index (χ4v) is 5.69.